The Hall–Kier alpha value is -1.22. The summed E-state index contributed by atoms with van der Waals surface area (Å²) < 4.78 is 5.21. The molecule has 0 aromatic heterocycles. The van der Waals surface area contributed by atoms with Gasteiger partial charge in [-0.25, -0.2) is 0 Å². The van der Waals surface area contributed by atoms with Crippen LogP contribution in [0.4, 0.5) is 11.4 Å². The molecule has 88 valence electrons. The summed E-state index contributed by atoms with van der Waals surface area (Å²) in [5.74, 6) is 0.658. The fourth-order valence-electron chi connectivity index (χ4n) is 2.41. The minimum atomic E-state index is 0.658. The van der Waals surface area contributed by atoms with Gasteiger partial charge in [-0.05, 0) is 31.0 Å². The number of benzene rings is 1. The molecule has 1 heterocycles. The number of hydrogen-bond acceptors (Lipinski definition) is 3. The van der Waals surface area contributed by atoms with Gasteiger partial charge in [0.25, 0.3) is 0 Å². The van der Waals surface area contributed by atoms with Crippen molar-refractivity contribution in [3.8, 4) is 0 Å². The number of ether oxygens (including phenoxy) is 1. The molecule has 0 amide bonds. The van der Waals surface area contributed by atoms with Crippen molar-refractivity contribution < 1.29 is 4.74 Å². The van der Waals surface area contributed by atoms with Gasteiger partial charge in [-0.1, -0.05) is 6.07 Å². The lowest BCUT2D eigenvalue weighted by molar-refractivity contribution is 0.161. The van der Waals surface area contributed by atoms with E-state index in [9.17, 15) is 0 Å². The average molecular weight is 220 g/mol. The second-order valence-electron chi connectivity index (χ2n) is 4.55. The summed E-state index contributed by atoms with van der Waals surface area (Å²) in [6.07, 6.45) is 1.21. The fourth-order valence-corrected chi connectivity index (χ4v) is 2.41. The summed E-state index contributed by atoms with van der Waals surface area (Å²) in [4.78, 5) is 2.41. The highest BCUT2D eigenvalue weighted by Crippen LogP contribution is 2.29. The van der Waals surface area contributed by atoms with Crippen LogP contribution in [0.1, 0.15) is 12.0 Å². The van der Waals surface area contributed by atoms with Gasteiger partial charge in [-0.15, -0.1) is 0 Å². The largest absolute Gasteiger partial charge is 0.398 e. The molecule has 0 aliphatic carbocycles. The van der Waals surface area contributed by atoms with Crippen molar-refractivity contribution in [1.82, 2.24) is 0 Å². The summed E-state index contributed by atoms with van der Waals surface area (Å²) >= 11 is 0. The molecule has 0 bridgehead atoms. The van der Waals surface area contributed by atoms with E-state index < -0.39 is 0 Å². The maximum absolute atomic E-state index is 5.93. The van der Waals surface area contributed by atoms with Crippen molar-refractivity contribution in [2.45, 2.75) is 13.3 Å². The highest BCUT2D eigenvalue weighted by molar-refractivity contribution is 5.64. The minimum absolute atomic E-state index is 0.658. The highest BCUT2D eigenvalue weighted by Gasteiger charge is 2.23. The quantitative estimate of drug-likeness (QED) is 0.792. The molecule has 1 aliphatic heterocycles. The molecule has 1 saturated heterocycles. The first-order valence-electron chi connectivity index (χ1n) is 5.81. The van der Waals surface area contributed by atoms with Crippen LogP contribution in [0.15, 0.2) is 18.2 Å². The van der Waals surface area contributed by atoms with Gasteiger partial charge in [0.1, 0.15) is 0 Å². The Kier molecular flexibility index (Phi) is 3.34. The normalized spacial score (nSPS) is 20.4. The summed E-state index contributed by atoms with van der Waals surface area (Å²) in [6.45, 7) is 5.14. The zero-order valence-corrected chi connectivity index (χ0v) is 10.1. The summed E-state index contributed by atoms with van der Waals surface area (Å²) in [5, 5.41) is 0. The van der Waals surface area contributed by atoms with E-state index in [0.717, 1.165) is 25.4 Å². The van der Waals surface area contributed by atoms with Gasteiger partial charge in [0.15, 0.2) is 0 Å². The third-order valence-electron chi connectivity index (χ3n) is 3.38. The first kappa shape index (κ1) is 11.3. The molecular formula is C13H20N2O. The second-order valence-corrected chi connectivity index (χ2v) is 4.55. The lowest BCUT2D eigenvalue weighted by Crippen LogP contribution is -2.22. The smallest absolute Gasteiger partial charge is 0.0508 e. The van der Waals surface area contributed by atoms with Crippen LogP contribution in [0.3, 0.4) is 0 Å². The Morgan fingerprint density at radius 2 is 2.31 bits per heavy atom. The lowest BCUT2D eigenvalue weighted by Gasteiger charge is -2.21. The maximum atomic E-state index is 5.93. The molecule has 1 fully saturated rings. The van der Waals surface area contributed by atoms with E-state index in [1.54, 1.807) is 7.11 Å². The Morgan fingerprint density at radius 3 is 3.06 bits per heavy atom. The van der Waals surface area contributed by atoms with Crippen LogP contribution in [-0.4, -0.2) is 26.8 Å². The number of methoxy groups -OCH3 is 1. The van der Waals surface area contributed by atoms with Crippen molar-refractivity contribution in [2.24, 2.45) is 5.92 Å². The van der Waals surface area contributed by atoms with Crippen molar-refractivity contribution in [3.63, 3.8) is 0 Å². The number of nitrogens with two attached hydrogens (primary N) is 1. The van der Waals surface area contributed by atoms with Gasteiger partial charge < -0.3 is 15.4 Å². The molecule has 2 N–H and O–H groups in total. The molecule has 3 nitrogen and oxygen atoms in total. The number of rotatable bonds is 3. The number of anilines is 2. The van der Waals surface area contributed by atoms with E-state index >= 15 is 0 Å². The van der Waals surface area contributed by atoms with Crippen molar-refractivity contribution in [3.05, 3.63) is 23.8 Å². The SMILES string of the molecule is COCC1CCN(c2cccc(N)c2C)C1. The van der Waals surface area contributed by atoms with Crippen LogP contribution in [0.25, 0.3) is 0 Å². The molecule has 2 rings (SSSR count). The molecule has 1 atom stereocenters. The van der Waals surface area contributed by atoms with Crippen LogP contribution in [-0.2, 0) is 4.74 Å². The first-order valence-corrected chi connectivity index (χ1v) is 5.81. The zero-order valence-electron chi connectivity index (χ0n) is 10.1. The van der Waals surface area contributed by atoms with Crippen LogP contribution < -0.4 is 10.6 Å². The number of hydrogen-bond donors (Lipinski definition) is 1. The third kappa shape index (κ3) is 2.14. The van der Waals surface area contributed by atoms with Gasteiger partial charge in [0.2, 0.25) is 0 Å². The Morgan fingerprint density at radius 1 is 1.50 bits per heavy atom. The van der Waals surface area contributed by atoms with Crippen LogP contribution in [0.5, 0.6) is 0 Å². The number of nitrogens with zero attached hydrogens (tertiary/aromatic N) is 1. The molecule has 1 aromatic carbocycles. The van der Waals surface area contributed by atoms with Gasteiger partial charge in [0.05, 0.1) is 6.61 Å². The topological polar surface area (TPSA) is 38.5 Å². The Labute approximate surface area is 97.2 Å². The predicted molar refractivity (Wildman–Crippen MR) is 67.8 cm³/mol. The molecule has 1 aliphatic rings. The Bertz CT molecular complexity index is 365. The fraction of sp³-hybridized carbons (Fsp3) is 0.538. The molecule has 3 heteroatoms. The van der Waals surface area contributed by atoms with Gasteiger partial charge in [0, 0.05) is 37.5 Å². The summed E-state index contributed by atoms with van der Waals surface area (Å²) in [6, 6.07) is 6.14. The van der Waals surface area contributed by atoms with Gasteiger partial charge >= 0.3 is 0 Å². The van der Waals surface area contributed by atoms with E-state index in [4.69, 9.17) is 10.5 Å². The summed E-state index contributed by atoms with van der Waals surface area (Å²) in [7, 11) is 1.77. The van der Waals surface area contributed by atoms with E-state index in [-0.39, 0.29) is 0 Å². The molecule has 0 spiro atoms. The van der Waals surface area contributed by atoms with Gasteiger partial charge in [-0.2, -0.15) is 0 Å². The van der Waals surface area contributed by atoms with Crippen molar-refractivity contribution >= 4 is 11.4 Å². The highest BCUT2D eigenvalue weighted by atomic mass is 16.5. The molecule has 0 saturated carbocycles. The van der Waals surface area contributed by atoms with Crippen molar-refractivity contribution in [2.75, 3.05) is 37.4 Å². The van der Waals surface area contributed by atoms with E-state index in [0.29, 0.717) is 5.92 Å². The van der Waals surface area contributed by atoms with Crippen molar-refractivity contribution in [1.29, 1.82) is 0 Å². The average Bonchev–Trinajstić information content (AvgIpc) is 2.71. The second kappa shape index (κ2) is 4.74. The summed E-state index contributed by atoms with van der Waals surface area (Å²) in [5.41, 5.74) is 9.28. The standard InChI is InChI=1S/C13H20N2O/c1-10-12(14)4-3-5-13(10)15-7-6-11(8-15)9-16-2/h3-5,11H,6-9,14H2,1-2H3. The lowest BCUT2D eigenvalue weighted by atomic mass is 10.1. The van der Waals surface area contributed by atoms with Crippen LogP contribution in [0, 0.1) is 12.8 Å². The van der Waals surface area contributed by atoms with Crippen LogP contribution >= 0.6 is 0 Å². The minimum Gasteiger partial charge on any atom is -0.398 e. The van der Waals surface area contributed by atoms with E-state index in [1.807, 2.05) is 12.1 Å². The maximum Gasteiger partial charge on any atom is 0.0508 e. The molecule has 1 unspecified atom stereocenters. The third-order valence-corrected chi connectivity index (χ3v) is 3.38. The molecule has 0 radical (unpaired) electrons. The molecular weight excluding hydrogens is 200 g/mol. The Balaban J connectivity index is 2.11. The molecule has 16 heavy (non-hydrogen) atoms. The monoisotopic (exact) mass is 220 g/mol. The predicted octanol–water partition coefficient (Wildman–Crippen LogP) is 2.05. The van der Waals surface area contributed by atoms with E-state index in [1.165, 1.54) is 17.7 Å². The van der Waals surface area contributed by atoms with E-state index in [2.05, 4.69) is 17.9 Å². The number of nitrogen functional groups attached to an aromatic ring is 1. The first-order chi connectivity index (χ1) is 7.72. The molecule has 1 aromatic rings. The zero-order chi connectivity index (χ0) is 11.5. The van der Waals surface area contributed by atoms with Gasteiger partial charge in [-0.3, -0.25) is 0 Å². The van der Waals surface area contributed by atoms with Crippen LogP contribution in [0.2, 0.25) is 0 Å².